The number of fused-ring (bicyclic) bond motifs is 1. The number of sulfone groups is 1. The number of hydrogen-bond donors (Lipinski definition) is 2. The first-order chi connectivity index (χ1) is 12.1. The maximum Gasteiger partial charge on any atom is 0.240 e. The number of rotatable bonds is 2. The van der Waals surface area contributed by atoms with E-state index in [0.29, 0.717) is 16.8 Å². The second-order valence-corrected chi connectivity index (χ2v) is 7.96. The summed E-state index contributed by atoms with van der Waals surface area (Å²) in [6.07, 6.45) is 0. The van der Waals surface area contributed by atoms with E-state index >= 15 is 0 Å². The molecule has 1 unspecified atom stereocenters. The van der Waals surface area contributed by atoms with Crippen molar-refractivity contribution in [3.63, 3.8) is 0 Å². The fraction of sp³-hybridized carbons (Fsp3) is 0.111. The van der Waals surface area contributed by atoms with Crippen molar-refractivity contribution in [3.8, 4) is 11.3 Å². The Balaban J connectivity index is 2.01. The third-order valence-electron chi connectivity index (χ3n) is 4.18. The molecule has 25 heavy (non-hydrogen) atoms. The number of nitrogens with zero attached hydrogens (tertiary/aromatic N) is 1. The summed E-state index contributed by atoms with van der Waals surface area (Å²) in [6.45, 7) is 0. The zero-order chi connectivity index (χ0) is 17.4. The van der Waals surface area contributed by atoms with Crippen LogP contribution in [0.2, 0.25) is 0 Å². The van der Waals surface area contributed by atoms with Crippen LogP contribution in [0.15, 0.2) is 60.7 Å². The van der Waals surface area contributed by atoms with E-state index in [9.17, 15) is 13.2 Å². The molecule has 0 radical (unpaired) electrons. The molecule has 0 saturated heterocycles. The second kappa shape index (κ2) is 5.86. The van der Waals surface area contributed by atoms with Gasteiger partial charge in [-0.1, -0.05) is 60.7 Å². The fourth-order valence-electron chi connectivity index (χ4n) is 3.14. The Morgan fingerprint density at radius 3 is 2.28 bits per heavy atom. The third kappa shape index (κ3) is 2.72. The van der Waals surface area contributed by atoms with Gasteiger partial charge in [-0.15, -0.1) is 0 Å². The van der Waals surface area contributed by atoms with Crippen molar-refractivity contribution < 1.29 is 13.2 Å². The number of carbonyl (C=O) groups is 1. The summed E-state index contributed by atoms with van der Waals surface area (Å²) in [5, 5.41) is 8.70. The fourth-order valence-corrected chi connectivity index (χ4v) is 4.91. The van der Waals surface area contributed by atoms with E-state index in [1.54, 1.807) is 24.3 Å². The molecule has 126 valence electrons. The van der Waals surface area contributed by atoms with Gasteiger partial charge >= 0.3 is 0 Å². The molecule has 2 N–H and O–H groups in total. The maximum atomic E-state index is 13.0. The molecule has 1 atom stereocenters. The van der Waals surface area contributed by atoms with Gasteiger partial charge < -0.3 is 5.32 Å². The molecule has 7 heteroatoms. The highest BCUT2D eigenvalue weighted by Crippen LogP contribution is 2.41. The van der Waals surface area contributed by atoms with Crippen LogP contribution in [0.3, 0.4) is 0 Å². The maximum absolute atomic E-state index is 13.0. The number of aromatic amines is 1. The molecule has 3 aromatic rings. The molecule has 0 spiro atoms. The van der Waals surface area contributed by atoms with Crippen molar-refractivity contribution in [1.29, 1.82) is 0 Å². The molecule has 1 aliphatic rings. The molecule has 0 bridgehead atoms. The average Bonchev–Trinajstić information content (AvgIpc) is 2.94. The second-order valence-electron chi connectivity index (χ2n) is 5.87. The zero-order valence-corrected chi connectivity index (χ0v) is 14.0. The number of benzene rings is 2. The molecule has 1 amide bonds. The van der Waals surface area contributed by atoms with Crippen molar-refractivity contribution in [3.05, 3.63) is 71.8 Å². The molecule has 0 aliphatic carbocycles. The smallest absolute Gasteiger partial charge is 0.240 e. The number of hydrogen-bond acceptors (Lipinski definition) is 4. The van der Waals surface area contributed by atoms with Gasteiger partial charge in [-0.05, 0) is 11.1 Å². The number of H-pyrrole nitrogens is 1. The highest BCUT2D eigenvalue weighted by atomic mass is 32.2. The minimum absolute atomic E-state index is 0.263. The molecule has 2 heterocycles. The van der Waals surface area contributed by atoms with Crippen LogP contribution < -0.4 is 5.32 Å². The monoisotopic (exact) mass is 353 g/mol. The Bertz CT molecular complexity index is 1030. The normalized spacial score (nSPS) is 18.9. The Hall–Kier alpha value is -2.93. The first-order valence-corrected chi connectivity index (χ1v) is 9.48. The van der Waals surface area contributed by atoms with Gasteiger partial charge in [0.25, 0.3) is 0 Å². The average molecular weight is 353 g/mol. The Labute approximate surface area is 144 Å². The van der Waals surface area contributed by atoms with Gasteiger partial charge in [0, 0.05) is 5.56 Å². The molecule has 1 aromatic heterocycles. The molecule has 0 saturated carbocycles. The highest BCUT2D eigenvalue weighted by molar-refractivity contribution is 7.92. The summed E-state index contributed by atoms with van der Waals surface area (Å²) in [5.41, 5.74) is 2.49. The number of anilines is 1. The molecule has 6 nitrogen and oxygen atoms in total. The predicted molar refractivity (Wildman–Crippen MR) is 94.7 cm³/mol. The van der Waals surface area contributed by atoms with Crippen LogP contribution in [0.25, 0.3) is 11.3 Å². The molecular formula is C18H15N3O3S. The first kappa shape index (κ1) is 15.6. The van der Waals surface area contributed by atoms with Gasteiger partial charge in [0.1, 0.15) is 11.0 Å². The van der Waals surface area contributed by atoms with Gasteiger partial charge in [0.2, 0.25) is 5.91 Å². The molecule has 0 fully saturated rings. The Kier molecular flexibility index (Phi) is 3.65. The van der Waals surface area contributed by atoms with Gasteiger partial charge in [0.15, 0.2) is 15.7 Å². The number of aromatic nitrogens is 2. The highest BCUT2D eigenvalue weighted by Gasteiger charge is 2.39. The van der Waals surface area contributed by atoms with Gasteiger partial charge in [-0.25, -0.2) is 8.42 Å². The lowest BCUT2D eigenvalue weighted by molar-refractivity contribution is -0.113. The number of amides is 1. The summed E-state index contributed by atoms with van der Waals surface area (Å²) in [6, 6.07) is 18.3. The standard InChI is InChI=1S/C18H15N3O3S/c22-14-11-25(23,24)17(13-9-5-2-6-10-13)15-16(20-21-18(15)19-14)12-7-3-1-4-8-12/h1-10,17H,11H2,(H2,19,20,21,22). The quantitative estimate of drug-likeness (QED) is 0.740. The largest absolute Gasteiger partial charge is 0.308 e. The molecule has 1 aliphatic heterocycles. The Morgan fingerprint density at radius 2 is 1.60 bits per heavy atom. The van der Waals surface area contributed by atoms with E-state index in [-0.39, 0.29) is 5.82 Å². The van der Waals surface area contributed by atoms with E-state index in [2.05, 4.69) is 15.5 Å². The zero-order valence-electron chi connectivity index (χ0n) is 13.1. The van der Waals surface area contributed by atoms with Crippen LogP contribution in [-0.2, 0) is 14.6 Å². The van der Waals surface area contributed by atoms with Crippen LogP contribution in [0.1, 0.15) is 16.4 Å². The SMILES string of the molecule is O=C1CS(=O)(=O)C(c2ccccc2)c2c(n[nH]c2-c2ccccc2)N1. The number of carbonyl (C=O) groups excluding carboxylic acids is 1. The summed E-state index contributed by atoms with van der Waals surface area (Å²) >= 11 is 0. The van der Waals surface area contributed by atoms with E-state index < -0.39 is 26.7 Å². The summed E-state index contributed by atoms with van der Waals surface area (Å²) in [5.74, 6) is -0.887. The van der Waals surface area contributed by atoms with Gasteiger partial charge in [0.05, 0.1) is 5.69 Å². The van der Waals surface area contributed by atoms with Gasteiger partial charge in [-0.2, -0.15) is 5.10 Å². The van der Waals surface area contributed by atoms with Crippen LogP contribution in [0, 0.1) is 0 Å². The third-order valence-corrected chi connectivity index (χ3v) is 6.07. The van der Waals surface area contributed by atoms with Crippen molar-refractivity contribution in [2.24, 2.45) is 0 Å². The van der Waals surface area contributed by atoms with E-state index in [1.165, 1.54) is 0 Å². The van der Waals surface area contributed by atoms with Crippen molar-refractivity contribution in [2.75, 3.05) is 11.1 Å². The minimum atomic E-state index is -3.75. The van der Waals surface area contributed by atoms with Crippen LogP contribution >= 0.6 is 0 Å². The predicted octanol–water partition coefficient (Wildman–Crippen LogP) is 2.53. The Morgan fingerprint density at radius 1 is 0.960 bits per heavy atom. The van der Waals surface area contributed by atoms with Crippen molar-refractivity contribution in [2.45, 2.75) is 5.25 Å². The number of nitrogens with one attached hydrogen (secondary N) is 2. The first-order valence-electron chi connectivity index (χ1n) is 7.76. The lowest BCUT2D eigenvalue weighted by Crippen LogP contribution is -2.23. The topological polar surface area (TPSA) is 91.9 Å². The molecular weight excluding hydrogens is 338 g/mol. The molecule has 4 rings (SSSR count). The van der Waals surface area contributed by atoms with E-state index in [1.807, 2.05) is 36.4 Å². The summed E-state index contributed by atoms with van der Waals surface area (Å²) < 4.78 is 25.9. The molecule has 2 aromatic carbocycles. The van der Waals surface area contributed by atoms with Crippen molar-refractivity contribution >= 4 is 21.6 Å². The lowest BCUT2D eigenvalue weighted by Gasteiger charge is -2.17. The van der Waals surface area contributed by atoms with E-state index in [4.69, 9.17) is 0 Å². The van der Waals surface area contributed by atoms with Crippen molar-refractivity contribution in [1.82, 2.24) is 10.2 Å². The lowest BCUT2D eigenvalue weighted by atomic mass is 10.00. The van der Waals surface area contributed by atoms with E-state index in [0.717, 1.165) is 5.56 Å². The van der Waals surface area contributed by atoms with Crippen LogP contribution in [-0.4, -0.2) is 30.3 Å². The van der Waals surface area contributed by atoms with Gasteiger partial charge in [-0.3, -0.25) is 9.89 Å². The van der Waals surface area contributed by atoms with Crippen LogP contribution in [0.4, 0.5) is 5.82 Å². The minimum Gasteiger partial charge on any atom is -0.308 e. The summed E-state index contributed by atoms with van der Waals surface area (Å²) in [4.78, 5) is 12.0. The summed E-state index contributed by atoms with van der Waals surface area (Å²) in [7, 11) is -3.75. The van der Waals surface area contributed by atoms with Crippen LogP contribution in [0.5, 0.6) is 0 Å².